The summed E-state index contributed by atoms with van der Waals surface area (Å²) in [5.74, 6) is -17.5. The maximum Gasteiger partial charge on any atom is 0.313 e. The average Bonchev–Trinajstić information content (AvgIpc) is 3.02. The van der Waals surface area contributed by atoms with E-state index in [2.05, 4.69) is 10.1 Å². The number of Topliss-reactive ketones (excluding diaryl/α,β-unsaturated/α-hetero) is 1. The Bertz CT molecular complexity index is 1580. The lowest BCUT2D eigenvalue weighted by molar-refractivity contribution is -0.145. The smallest absolute Gasteiger partial charge is 0.313 e. The molecule has 2 atom stereocenters. The van der Waals surface area contributed by atoms with Gasteiger partial charge in [0, 0.05) is 12.5 Å². The Morgan fingerprint density at radius 3 is 1.98 bits per heavy atom. The van der Waals surface area contributed by atoms with Crippen molar-refractivity contribution in [2.24, 2.45) is 0 Å². The first-order valence-electron chi connectivity index (χ1n) is 13.3. The number of hydrogen-bond donors (Lipinski definition) is 3. The Hall–Kier alpha value is -5.41. The summed E-state index contributed by atoms with van der Waals surface area (Å²) >= 11 is 0. The zero-order valence-electron chi connectivity index (χ0n) is 23.8. The van der Waals surface area contributed by atoms with Crippen LogP contribution < -0.4 is 20.7 Å². The molecule has 16 heteroatoms. The molecule has 244 valence electrons. The summed E-state index contributed by atoms with van der Waals surface area (Å²) in [5.41, 5.74) is -0.279. The van der Waals surface area contributed by atoms with Gasteiger partial charge in [0.2, 0.25) is 17.5 Å². The standard InChI is InChI=1S/C30H25F6N3O7/c1-15(37-29(43)30(44)39-26-17(31)8-5-9-18(26)32)28(42)38-21(10-11-23(41)45-13-16-6-3-2-4-7-16)22(40)14-46-27-24(35)19(33)12-20(34)25(27)36/h2-9,12,15,21H,10-11,13-14H2,1H3,(H,37,43)(H,38,42)(H,39,44). The SMILES string of the molecule is CC(NC(=O)C(=O)Nc1c(F)cccc1F)C(=O)NC(CCC(=O)OCc1ccccc1)C(=O)COc1c(F)c(F)cc(F)c1F. The van der Waals surface area contributed by atoms with E-state index in [0.717, 1.165) is 25.1 Å². The Balaban J connectivity index is 1.67. The highest BCUT2D eigenvalue weighted by Gasteiger charge is 2.29. The van der Waals surface area contributed by atoms with Crippen molar-refractivity contribution in [1.29, 1.82) is 0 Å². The molecule has 0 bridgehead atoms. The molecule has 3 amide bonds. The number of esters is 1. The number of para-hydroxylation sites is 1. The molecule has 0 spiro atoms. The number of amides is 3. The number of ether oxygens (including phenoxy) is 2. The molecular formula is C30H25F6N3O7. The molecule has 46 heavy (non-hydrogen) atoms. The second kappa shape index (κ2) is 16.1. The minimum atomic E-state index is -1.93. The van der Waals surface area contributed by atoms with Gasteiger partial charge in [-0.05, 0) is 31.0 Å². The van der Waals surface area contributed by atoms with Crippen molar-refractivity contribution >= 4 is 35.2 Å². The van der Waals surface area contributed by atoms with Crippen LogP contribution in [-0.4, -0.2) is 48.2 Å². The molecule has 3 aromatic carbocycles. The minimum absolute atomic E-state index is 0.0772. The molecule has 3 aromatic rings. The molecule has 0 fully saturated rings. The van der Waals surface area contributed by atoms with Gasteiger partial charge >= 0.3 is 17.8 Å². The van der Waals surface area contributed by atoms with Crippen LogP contribution in [-0.2, 0) is 35.3 Å². The minimum Gasteiger partial charge on any atom is -0.479 e. The number of rotatable bonds is 13. The summed E-state index contributed by atoms with van der Waals surface area (Å²) < 4.78 is 92.4. The highest BCUT2D eigenvalue weighted by Crippen LogP contribution is 2.26. The van der Waals surface area contributed by atoms with Crippen LogP contribution in [0.1, 0.15) is 25.3 Å². The lowest BCUT2D eigenvalue weighted by Crippen LogP contribution is -2.52. The van der Waals surface area contributed by atoms with Crippen molar-refractivity contribution in [1.82, 2.24) is 10.6 Å². The number of anilines is 1. The van der Waals surface area contributed by atoms with Gasteiger partial charge in [-0.2, -0.15) is 8.78 Å². The number of halogens is 6. The first-order chi connectivity index (χ1) is 21.8. The molecule has 0 aliphatic carbocycles. The summed E-state index contributed by atoms with van der Waals surface area (Å²) in [5, 5.41) is 5.83. The average molecular weight is 654 g/mol. The summed E-state index contributed by atoms with van der Waals surface area (Å²) in [6, 6.07) is 7.84. The number of carbonyl (C=O) groups is 5. The van der Waals surface area contributed by atoms with Gasteiger partial charge in [0.05, 0.1) is 6.04 Å². The molecule has 0 heterocycles. The third-order valence-electron chi connectivity index (χ3n) is 6.16. The fraction of sp³-hybridized carbons (Fsp3) is 0.233. The first-order valence-corrected chi connectivity index (χ1v) is 13.3. The third kappa shape index (κ3) is 9.54. The molecule has 0 aromatic heterocycles. The van der Waals surface area contributed by atoms with Crippen molar-refractivity contribution in [2.45, 2.75) is 38.5 Å². The van der Waals surface area contributed by atoms with Crippen LogP contribution in [0, 0.1) is 34.9 Å². The largest absolute Gasteiger partial charge is 0.479 e. The number of ketones is 1. The van der Waals surface area contributed by atoms with Crippen LogP contribution in [0.4, 0.5) is 32.0 Å². The van der Waals surface area contributed by atoms with Crippen molar-refractivity contribution in [3.8, 4) is 5.75 Å². The summed E-state index contributed by atoms with van der Waals surface area (Å²) in [7, 11) is 0. The zero-order chi connectivity index (χ0) is 34.0. The van der Waals surface area contributed by atoms with E-state index >= 15 is 0 Å². The van der Waals surface area contributed by atoms with E-state index in [-0.39, 0.29) is 12.7 Å². The van der Waals surface area contributed by atoms with Gasteiger partial charge in [-0.3, -0.25) is 24.0 Å². The van der Waals surface area contributed by atoms with E-state index in [9.17, 15) is 50.3 Å². The van der Waals surface area contributed by atoms with Gasteiger partial charge in [-0.15, -0.1) is 0 Å². The Morgan fingerprint density at radius 2 is 1.37 bits per heavy atom. The van der Waals surface area contributed by atoms with Gasteiger partial charge in [0.25, 0.3) is 0 Å². The molecule has 2 unspecified atom stereocenters. The fourth-order valence-corrected chi connectivity index (χ4v) is 3.72. The van der Waals surface area contributed by atoms with Crippen LogP contribution in [0.5, 0.6) is 5.75 Å². The maximum atomic E-state index is 14.0. The number of hydrogen-bond acceptors (Lipinski definition) is 7. The van der Waals surface area contributed by atoms with Crippen LogP contribution >= 0.6 is 0 Å². The van der Waals surface area contributed by atoms with Gasteiger partial charge in [-0.25, -0.2) is 17.6 Å². The second-order valence-electron chi connectivity index (χ2n) is 9.54. The van der Waals surface area contributed by atoms with Gasteiger partial charge < -0.3 is 25.4 Å². The van der Waals surface area contributed by atoms with Crippen LogP contribution in [0.3, 0.4) is 0 Å². The van der Waals surface area contributed by atoms with E-state index in [1.54, 1.807) is 35.6 Å². The predicted molar refractivity (Wildman–Crippen MR) is 147 cm³/mol. The molecule has 3 N–H and O–H groups in total. The van der Waals surface area contributed by atoms with Crippen molar-refractivity contribution in [3.05, 3.63) is 95.1 Å². The second-order valence-corrected chi connectivity index (χ2v) is 9.54. The normalized spacial score (nSPS) is 12.0. The fourth-order valence-electron chi connectivity index (χ4n) is 3.72. The summed E-state index contributed by atoms with van der Waals surface area (Å²) in [6.45, 7) is -0.298. The first kappa shape index (κ1) is 35.1. The number of benzene rings is 3. The van der Waals surface area contributed by atoms with Gasteiger partial charge in [0.1, 0.15) is 36.6 Å². The van der Waals surface area contributed by atoms with Gasteiger partial charge in [0.15, 0.2) is 23.2 Å². The van der Waals surface area contributed by atoms with Crippen molar-refractivity contribution in [3.63, 3.8) is 0 Å². The van der Waals surface area contributed by atoms with Gasteiger partial charge in [-0.1, -0.05) is 36.4 Å². The number of carbonyl (C=O) groups excluding carboxylic acids is 5. The van der Waals surface area contributed by atoms with E-state index in [1.807, 2.05) is 5.32 Å². The number of nitrogens with one attached hydrogen (secondary N) is 3. The quantitative estimate of drug-likeness (QED) is 0.111. The third-order valence-corrected chi connectivity index (χ3v) is 6.16. The Labute approximate surface area is 257 Å². The summed E-state index contributed by atoms with van der Waals surface area (Å²) in [4.78, 5) is 62.4. The van der Waals surface area contributed by atoms with E-state index in [0.29, 0.717) is 5.56 Å². The highest BCUT2D eigenvalue weighted by atomic mass is 19.2. The van der Waals surface area contributed by atoms with E-state index < -0.39 is 107 Å². The highest BCUT2D eigenvalue weighted by molar-refractivity contribution is 6.40. The molecular weight excluding hydrogens is 628 g/mol. The molecule has 10 nitrogen and oxygen atoms in total. The summed E-state index contributed by atoms with van der Waals surface area (Å²) in [6.07, 6.45) is -0.962. The predicted octanol–water partition coefficient (Wildman–Crippen LogP) is 3.62. The molecule has 0 saturated carbocycles. The lowest BCUT2D eigenvalue weighted by Gasteiger charge is -2.21. The molecule has 0 saturated heterocycles. The topological polar surface area (TPSA) is 140 Å². The van der Waals surface area contributed by atoms with Crippen LogP contribution in [0.2, 0.25) is 0 Å². The maximum absolute atomic E-state index is 14.0. The van der Waals surface area contributed by atoms with Crippen LogP contribution in [0.25, 0.3) is 0 Å². The Morgan fingerprint density at radius 1 is 0.761 bits per heavy atom. The molecule has 3 rings (SSSR count). The molecule has 0 aliphatic rings. The lowest BCUT2D eigenvalue weighted by atomic mass is 10.1. The van der Waals surface area contributed by atoms with Crippen molar-refractivity contribution in [2.75, 3.05) is 11.9 Å². The van der Waals surface area contributed by atoms with Crippen LogP contribution in [0.15, 0.2) is 54.6 Å². The zero-order valence-corrected chi connectivity index (χ0v) is 23.8. The van der Waals surface area contributed by atoms with Crippen molar-refractivity contribution < 1.29 is 59.8 Å². The van der Waals surface area contributed by atoms with E-state index in [1.165, 1.54) is 0 Å². The molecule has 0 aliphatic heterocycles. The Kier molecular flexibility index (Phi) is 12.2. The molecule has 0 radical (unpaired) electrons. The monoisotopic (exact) mass is 653 g/mol. The van der Waals surface area contributed by atoms with E-state index in [4.69, 9.17) is 4.74 Å².